The summed E-state index contributed by atoms with van der Waals surface area (Å²) >= 11 is 17.9. The minimum absolute atomic E-state index is 0.120. The maximum absolute atomic E-state index is 12.2. The second-order valence-electron chi connectivity index (χ2n) is 4.80. The van der Waals surface area contributed by atoms with Crippen molar-refractivity contribution < 1.29 is 4.79 Å². The fraction of sp³-hybridized carbons (Fsp3) is 0.0588. The fourth-order valence-corrected chi connectivity index (χ4v) is 2.36. The lowest BCUT2D eigenvalue weighted by molar-refractivity contribution is -0.112. The second-order valence-corrected chi connectivity index (χ2v) is 6.06. The zero-order valence-corrected chi connectivity index (χ0v) is 14.8. The van der Waals surface area contributed by atoms with E-state index in [4.69, 9.17) is 34.8 Å². The Morgan fingerprint density at radius 2 is 1.88 bits per heavy atom. The first kappa shape index (κ1) is 18.2. The number of anilines is 2. The number of nitrogens with one attached hydrogen (secondary N) is 2. The van der Waals surface area contributed by atoms with Gasteiger partial charge >= 0.3 is 0 Å². The summed E-state index contributed by atoms with van der Waals surface area (Å²) in [7, 11) is 0. The van der Waals surface area contributed by atoms with Gasteiger partial charge in [0.1, 0.15) is 11.6 Å². The molecule has 0 aliphatic heterocycles. The SMILES string of the molecule is Cc1c(Cl)cccc1N/C=C(/C#N)C(=O)Nc1cc(Cl)ccc1Cl. The molecule has 0 radical (unpaired) electrons. The van der Waals surface area contributed by atoms with E-state index in [9.17, 15) is 10.1 Å². The lowest BCUT2D eigenvalue weighted by Crippen LogP contribution is -2.15. The number of carbonyl (C=O) groups is 1. The van der Waals surface area contributed by atoms with E-state index in [0.717, 1.165) is 5.56 Å². The quantitative estimate of drug-likeness (QED) is 0.550. The molecule has 0 unspecified atom stereocenters. The molecule has 0 bridgehead atoms. The van der Waals surface area contributed by atoms with Crippen molar-refractivity contribution in [2.75, 3.05) is 10.6 Å². The monoisotopic (exact) mass is 379 g/mol. The van der Waals surface area contributed by atoms with Gasteiger partial charge in [0, 0.05) is 21.9 Å². The number of nitrogens with zero attached hydrogens (tertiary/aromatic N) is 1. The van der Waals surface area contributed by atoms with Gasteiger partial charge < -0.3 is 10.6 Å². The Kier molecular flexibility index (Phi) is 6.10. The third kappa shape index (κ3) is 4.42. The van der Waals surface area contributed by atoms with Gasteiger partial charge in [-0.1, -0.05) is 40.9 Å². The van der Waals surface area contributed by atoms with E-state index in [2.05, 4.69) is 10.6 Å². The smallest absolute Gasteiger partial charge is 0.267 e. The van der Waals surface area contributed by atoms with Gasteiger partial charge in [-0.3, -0.25) is 4.79 Å². The van der Waals surface area contributed by atoms with Crippen LogP contribution in [0.25, 0.3) is 0 Å². The minimum Gasteiger partial charge on any atom is -0.360 e. The number of amides is 1. The first-order valence-corrected chi connectivity index (χ1v) is 7.94. The number of benzene rings is 2. The number of halogens is 3. The summed E-state index contributed by atoms with van der Waals surface area (Å²) in [5, 5.41) is 16.0. The van der Waals surface area contributed by atoms with Crippen molar-refractivity contribution in [3.63, 3.8) is 0 Å². The van der Waals surface area contributed by atoms with Gasteiger partial charge in [-0.25, -0.2) is 0 Å². The van der Waals surface area contributed by atoms with E-state index in [-0.39, 0.29) is 5.57 Å². The van der Waals surface area contributed by atoms with Gasteiger partial charge in [0.25, 0.3) is 5.91 Å². The molecule has 24 heavy (non-hydrogen) atoms. The number of hydrogen-bond acceptors (Lipinski definition) is 3. The Hall–Kier alpha value is -2.19. The largest absolute Gasteiger partial charge is 0.360 e. The molecule has 2 N–H and O–H groups in total. The molecule has 122 valence electrons. The summed E-state index contributed by atoms with van der Waals surface area (Å²) in [6.07, 6.45) is 1.31. The Morgan fingerprint density at radius 3 is 2.58 bits per heavy atom. The Bertz CT molecular complexity index is 857. The molecule has 0 spiro atoms. The number of rotatable bonds is 4. The maximum atomic E-state index is 12.2. The summed E-state index contributed by atoms with van der Waals surface area (Å²) in [5.74, 6) is -0.603. The van der Waals surface area contributed by atoms with Crippen LogP contribution >= 0.6 is 34.8 Å². The molecule has 7 heteroatoms. The van der Waals surface area contributed by atoms with Crippen LogP contribution in [0.5, 0.6) is 0 Å². The molecule has 0 aliphatic carbocycles. The average molecular weight is 381 g/mol. The van der Waals surface area contributed by atoms with Crippen LogP contribution in [0.1, 0.15) is 5.56 Å². The van der Waals surface area contributed by atoms with Crippen molar-refractivity contribution in [3.05, 3.63) is 68.8 Å². The summed E-state index contributed by atoms with van der Waals surface area (Å²) in [6, 6.07) is 11.8. The van der Waals surface area contributed by atoms with Gasteiger partial charge in [0.05, 0.1) is 10.7 Å². The molecular formula is C17H12Cl3N3O. The zero-order chi connectivity index (χ0) is 17.7. The zero-order valence-electron chi connectivity index (χ0n) is 12.5. The topological polar surface area (TPSA) is 64.9 Å². The first-order valence-electron chi connectivity index (χ1n) is 6.80. The highest BCUT2D eigenvalue weighted by Crippen LogP contribution is 2.26. The molecule has 0 aromatic heterocycles. The standard InChI is InChI=1S/C17H12Cl3N3O/c1-10-13(19)3-2-4-15(10)22-9-11(8-21)17(24)23-16-7-12(18)5-6-14(16)20/h2-7,9,22H,1H3,(H,23,24)/b11-9-. The third-order valence-electron chi connectivity index (χ3n) is 3.18. The average Bonchev–Trinajstić information content (AvgIpc) is 2.55. The van der Waals surface area contributed by atoms with Gasteiger partial charge in [-0.05, 0) is 42.8 Å². The van der Waals surface area contributed by atoms with Gasteiger partial charge in [-0.2, -0.15) is 5.26 Å². The molecule has 2 aromatic carbocycles. The van der Waals surface area contributed by atoms with E-state index in [1.54, 1.807) is 30.3 Å². The molecule has 0 saturated carbocycles. The molecule has 2 aromatic rings. The predicted molar refractivity (Wildman–Crippen MR) is 98.6 cm³/mol. The Balaban J connectivity index is 2.18. The third-order valence-corrected chi connectivity index (χ3v) is 4.16. The molecule has 0 saturated heterocycles. The number of carbonyl (C=O) groups excluding carboxylic acids is 1. The highest BCUT2D eigenvalue weighted by atomic mass is 35.5. The lowest BCUT2D eigenvalue weighted by Gasteiger charge is -2.09. The van der Waals surface area contributed by atoms with Crippen LogP contribution < -0.4 is 10.6 Å². The molecule has 1 amide bonds. The van der Waals surface area contributed by atoms with Crippen LogP contribution in [-0.4, -0.2) is 5.91 Å². The van der Waals surface area contributed by atoms with Crippen LogP contribution in [0.4, 0.5) is 11.4 Å². The van der Waals surface area contributed by atoms with E-state index < -0.39 is 5.91 Å². The summed E-state index contributed by atoms with van der Waals surface area (Å²) in [6.45, 7) is 1.83. The van der Waals surface area contributed by atoms with Crippen molar-refractivity contribution in [1.82, 2.24) is 0 Å². The van der Waals surface area contributed by atoms with E-state index in [0.29, 0.717) is 26.4 Å². The molecule has 0 aliphatic rings. The lowest BCUT2D eigenvalue weighted by atomic mass is 10.2. The second kappa shape index (κ2) is 8.07. The number of nitriles is 1. The van der Waals surface area contributed by atoms with Gasteiger partial charge in [0.15, 0.2) is 0 Å². The van der Waals surface area contributed by atoms with Crippen LogP contribution in [-0.2, 0) is 4.79 Å². The van der Waals surface area contributed by atoms with E-state index in [1.165, 1.54) is 12.3 Å². The van der Waals surface area contributed by atoms with Crippen molar-refractivity contribution >= 4 is 52.1 Å². The van der Waals surface area contributed by atoms with E-state index in [1.807, 2.05) is 13.0 Å². The van der Waals surface area contributed by atoms with E-state index >= 15 is 0 Å². The van der Waals surface area contributed by atoms with Gasteiger partial charge in [-0.15, -0.1) is 0 Å². The Labute approximate surface area is 154 Å². The normalized spacial score (nSPS) is 10.9. The fourth-order valence-electron chi connectivity index (χ4n) is 1.85. The van der Waals surface area contributed by atoms with Crippen molar-refractivity contribution in [1.29, 1.82) is 5.26 Å². The van der Waals surface area contributed by atoms with Crippen molar-refractivity contribution in [2.45, 2.75) is 6.92 Å². The Morgan fingerprint density at radius 1 is 1.12 bits per heavy atom. The maximum Gasteiger partial charge on any atom is 0.267 e. The number of hydrogen-bond donors (Lipinski definition) is 2. The summed E-state index contributed by atoms with van der Waals surface area (Å²) in [4.78, 5) is 12.2. The molecule has 2 rings (SSSR count). The molecular weight excluding hydrogens is 369 g/mol. The summed E-state index contributed by atoms with van der Waals surface area (Å²) < 4.78 is 0. The molecule has 0 fully saturated rings. The van der Waals surface area contributed by atoms with Crippen molar-refractivity contribution in [2.24, 2.45) is 0 Å². The van der Waals surface area contributed by atoms with Crippen molar-refractivity contribution in [3.8, 4) is 6.07 Å². The van der Waals surface area contributed by atoms with Crippen LogP contribution in [0.2, 0.25) is 15.1 Å². The molecule has 0 atom stereocenters. The highest BCUT2D eigenvalue weighted by molar-refractivity contribution is 6.36. The predicted octanol–water partition coefficient (Wildman–Crippen LogP) is 5.41. The first-order chi connectivity index (χ1) is 11.4. The highest BCUT2D eigenvalue weighted by Gasteiger charge is 2.12. The summed E-state index contributed by atoms with van der Waals surface area (Å²) in [5.41, 5.74) is 1.72. The molecule has 0 heterocycles. The van der Waals surface area contributed by atoms with Crippen LogP contribution in [0, 0.1) is 18.3 Å². The van der Waals surface area contributed by atoms with Crippen LogP contribution in [0.3, 0.4) is 0 Å². The van der Waals surface area contributed by atoms with Gasteiger partial charge in [0.2, 0.25) is 0 Å². The van der Waals surface area contributed by atoms with Crippen LogP contribution in [0.15, 0.2) is 48.2 Å². The molecule has 4 nitrogen and oxygen atoms in total. The minimum atomic E-state index is -0.603.